The highest BCUT2D eigenvalue weighted by Crippen LogP contribution is 2.62. The van der Waals surface area contributed by atoms with Crippen LogP contribution in [-0.4, -0.2) is 71.5 Å². The highest BCUT2D eigenvalue weighted by molar-refractivity contribution is 6.04. The molecule has 2 aliphatic carbocycles. The van der Waals surface area contributed by atoms with Crippen LogP contribution in [-0.2, 0) is 16.2 Å². The maximum atomic E-state index is 15.1. The van der Waals surface area contributed by atoms with Crippen LogP contribution in [0.2, 0.25) is 0 Å². The second-order valence-corrected chi connectivity index (χ2v) is 16.1. The van der Waals surface area contributed by atoms with Crippen LogP contribution in [0.3, 0.4) is 0 Å². The number of carbonyl (C=O) groups excluding carboxylic acids is 1. The molecule has 0 saturated heterocycles. The molecule has 6 atom stereocenters. The van der Waals surface area contributed by atoms with E-state index in [2.05, 4.69) is 19.6 Å². The highest BCUT2D eigenvalue weighted by Gasteiger charge is 2.65. The van der Waals surface area contributed by atoms with Crippen LogP contribution in [0.15, 0.2) is 114 Å². The van der Waals surface area contributed by atoms with Crippen molar-refractivity contribution in [3.05, 3.63) is 132 Å². The maximum absolute atomic E-state index is 15.1. The van der Waals surface area contributed by atoms with Gasteiger partial charge in [-0.3, -0.25) is 4.79 Å². The molecule has 3 aliphatic rings. The van der Waals surface area contributed by atoms with Gasteiger partial charge in [-0.2, -0.15) is 0 Å². The highest BCUT2D eigenvalue weighted by atomic mass is 19.1. The third-order valence-corrected chi connectivity index (χ3v) is 12.4. The third-order valence-electron chi connectivity index (χ3n) is 12.4. The number of oxime groups is 1. The number of hydrogen-bond acceptors (Lipinski definition) is 8. The number of rotatable bonds is 20. The first-order chi connectivity index (χ1) is 29.4. The smallest absolute Gasteiger partial charge is 0.254 e. The topological polar surface area (TPSA) is 110 Å². The fourth-order valence-corrected chi connectivity index (χ4v) is 9.79. The average molecular weight is 819 g/mol. The number of halogens is 1. The Hall–Kier alpha value is -5.03. The normalized spacial score (nSPS) is 23.6. The Morgan fingerprint density at radius 3 is 2.48 bits per heavy atom. The van der Waals surface area contributed by atoms with Gasteiger partial charge in [0.25, 0.3) is 5.91 Å². The Balaban J connectivity index is 1.42. The minimum absolute atomic E-state index is 0.0533. The van der Waals surface area contributed by atoms with Crippen LogP contribution in [0.25, 0.3) is 10.8 Å². The average Bonchev–Trinajstić information content (AvgIpc) is 3.27. The van der Waals surface area contributed by atoms with E-state index < -0.39 is 17.7 Å². The van der Waals surface area contributed by atoms with Gasteiger partial charge in [0.15, 0.2) is 0 Å². The molecule has 4 aromatic carbocycles. The lowest BCUT2D eigenvalue weighted by molar-refractivity contribution is -0.254. The zero-order valence-corrected chi connectivity index (χ0v) is 34.9. The number of ether oxygens (including phenoxy) is 3. The summed E-state index contributed by atoms with van der Waals surface area (Å²) in [5.74, 6) is -1.12. The van der Waals surface area contributed by atoms with Crippen molar-refractivity contribution in [2.45, 2.75) is 89.6 Å². The predicted octanol–water partition coefficient (Wildman–Crippen LogP) is 9.76. The molecule has 0 radical (unpaired) electrons. The molecule has 9 nitrogen and oxygen atoms in total. The summed E-state index contributed by atoms with van der Waals surface area (Å²) < 4.78 is 35.5. The van der Waals surface area contributed by atoms with Crippen molar-refractivity contribution >= 4 is 22.4 Å². The monoisotopic (exact) mass is 818 g/mol. The number of allylic oxidation sites excluding steroid dienone is 1. The SMILES string of the molecule is C=CCO[C@@]12Oc3ccc(OCc4ccccc4F)cc3[C@H]3[C@H](CCCCO)[C@@H](CCCCO)C=C(C(=NOCC)C[C@@H]1N(CCC)C(=O)c1ccc4ccccc4c1)[C@H]32. The molecule has 2 N–H and O–H groups in total. The van der Waals surface area contributed by atoms with Gasteiger partial charge in [-0.15, -0.1) is 6.58 Å². The predicted molar refractivity (Wildman–Crippen MR) is 233 cm³/mol. The fraction of sp³-hybridized carbons (Fsp3) is 0.440. The maximum Gasteiger partial charge on any atom is 0.254 e. The first-order valence-electron chi connectivity index (χ1n) is 21.7. The standard InChI is InChI=1S/C50H59FN2O7/c1-4-25-53(49(56)37-22-21-34-15-7-8-16-35(34)29-37)46-32-44(52-59-6-3)41-30-36(17-11-13-26-54)40(19-12-14-27-55)47-42-31-39(57-33-38-18-9-10-20-43(38)51)23-24-45(42)60-50(46,48(41)47)58-28-5-2/h5,7-10,15-16,18,20-24,29-31,36,40,46-48,54-55H,2,4,6,11-14,17,19,25-28,32-33H2,1,3H3/t36-,40+,46-,47+,48+,50+/m0/s1. The number of aliphatic hydroxyl groups is 2. The van der Waals surface area contributed by atoms with Crippen molar-refractivity contribution < 1.29 is 38.4 Å². The van der Waals surface area contributed by atoms with Gasteiger partial charge in [-0.05, 0) is 104 Å². The Morgan fingerprint density at radius 2 is 1.73 bits per heavy atom. The number of amides is 1. The Morgan fingerprint density at radius 1 is 0.967 bits per heavy atom. The molecular formula is C50H59FN2O7. The third kappa shape index (κ3) is 8.87. The van der Waals surface area contributed by atoms with Crippen LogP contribution >= 0.6 is 0 Å². The van der Waals surface area contributed by atoms with E-state index in [9.17, 15) is 14.6 Å². The van der Waals surface area contributed by atoms with Crippen molar-refractivity contribution in [1.29, 1.82) is 0 Å². The fourth-order valence-electron chi connectivity index (χ4n) is 9.79. The first-order valence-corrected chi connectivity index (χ1v) is 21.7. The van der Waals surface area contributed by atoms with Gasteiger partial charge >= 0.3 is 0 Å². The molecule has 1 amide bonds. The zero-order chi connectivity index (χ0) is 42.1. The van der Waals surface area contributed by atoms with E-state index in [1.54, 1.807) is 24.3 Å². The van der Waals surface area contributed by atoms with Crippen molar-refractivity contribution in [1.82, 2.24) is 4.90 Å². The molecule has 318 valence electrons. The van der Waals surface area contributed by atoms with Gasteiger partial charge in [0.05, 0.1) is 18.2 Å². The molecule has 1 aliphatic heterocycles. The van der Waals surface area contributed by atoms with Gasteiger partial charge < -0.3 is 34.2 Å². The summed E-state index contributed by atoms with van der Waals surface area (Å²) in [7, 11) is 0. The summed E-state index contributed by atoms with van der Waals surface area (Å²) in [5.41, 5.74) is 3.69. The first kappa shape index (κ1) is 43.1. The lowest BCUT2D eigenvalue weighted by Gasteiger charge is -2.60. The van der Waals surface area contributed by atoms with E-state index in [4.69, 9.17) is 24.2 Å². The van der Waals surface area contributed by atoms with E-state index in [0.29, 0.717) is 61.5 Å². The number of fused-ring (bicyclic) bond motifs is 3. The molecule has 7 rings (SSSR count). The Kier molecular flexibility index (Phi) is 14.4. The second kappa shape index (κ2) is 20.0. The van der Waals surface area contributed by atoms with Gasteiger partial charge in [-0.1, -0.05) is 85.6 Å². The van der Waals surface area contributed by atoms with Crippen LogP contribution in [0.1, 0.15) is 92.6 Å². The van der Waals surface area contributed by atoms with E-state index in [-0.39, 0.29) is 55.9 Å². The van der Waals surface area contributed by atoms with E-state index in [1.807, 2.05) is 72.5 Å². The lowest BCUT2D eigenvalue weighted by atomic mass is 9.55. The van der Waals surface area contributed by atoms with E-state index in [1.165, 1.54) is 6.07 Å². The number of hydrogen-bond donors (Lipinski definition) is 2. The quantitative estimate of drug-likeness (QED) is 0.0519. The summed E-state index contributed by atoms with van der Waals surface area (Å²) in [6.07, 6.45) is 9.70. The number of carbonyl (C=O) groups is 1. The Labute approximate surface area is 353 Å². The zero-order valence-electron chi connectivity index (χ0n) is 34.9. The lowest BCUT2D eigenvalue weighted by Crippen LogP contribution is -2.70. The molecule has 1 fully saturated rings. The number of unbranched alkanes of at least 4 members (excludes halogenated alkanes) is 2. The van der Waals surface area contributed by atoms with Crippen molar-refractivity contribution in [2.75, 3.05) is 33.0 Å². The minimum atomic E-state index is -1.37. The summed E-state index contributed by atoms with van der Waals surface area (Å²) in [4.78, 5) is 22.9. The van der Waals surface area contributed by atoms with Gasteiger partial charge in [0.2, 0.25) is 5.79 Å². The largest absolute Gasteiger partial charge is 0.489 e. The summed E-state index contributed by atoms with van der Waals surface area (Å²) in [5, 5.41) is 26.7. The molecular weight excluding hydrogens is 760 g/mol. The van der Waals surface area contributed by atoms with Gasteiger partial charge in [0.1, 0.15) is 36.6 Å². The number of benzene rings is 4. The molecule has 60 heavy (non-hydrogen) atoms. The van der Waals surface area contributed by atoms with Crippen molar-refractivity contribution in [3.63, 3.8) is 0 Å². The van der Waals surface area contributed by atoms with Crippen molar-refractivity contribution in [3.8, 4) is 11.5 Å². The van der Waals surface area contributed by atoms with E-state index in [0.717, 1.165) is 53.3 Å². The van der Waals surface area contributed by atoms with Crippen LogP contribution < -0.4 is 9.47 Å². The van der Waals surface area contributed by atoms with Crippen LogP contribution in [0, 0.1) is 23.6 Å². The molecule has 0 unspecified atom stereocenters. The van der Waals surface area contributed by atoms with Gasteiger partial charge in [-0.25, -0.2) is 4.39 Å². The molecule has 0 bridgehead atoms. The summed E-state index contributed by atoms with van der Waals surface area (Å²) in [6, 6.07) is 25.6. The van der Waals surface area contributed by atoms with Crippen LogP contribution in [0.4, 0.5) is 4.39 Å². The summed E-state index contributed by atoms with van der Waals surface area (Å²) in [6.45, 7) is 9.25. The van der Waals surface area contributed by atoms with E-state index >= 15 is 4.79 Å². The summed E-state index contributed by atoms with van der Waals surface area (Å²) >= 11 is 0. The molecule has 1 saturated carbocycles. The second-order valence-electron chi connectivity index (χ2n) is 16.1. The minimum Gasteiger partial charge on any atom is -0.489 e. The van der Waals surface area contributed by atoms with Crippen LogP contribution in [0.5, 0.6) is 11.5 Å². The molecule has 0 spiro atoms. The van der Waals surface area contributed by atoms with Gasteiger partial charge in [0, 0.05) is 48.8 Å². The van der Waals surface area contributed by atoms with Crippen molar-refractivity contribution in [2.24, 2.45) is 22.9 Å². The molecule has 10 heteroatoms. The molecule has 1 heterocycles. The molecule has 0 aromatic heterocycles. The molecule has 4 aromatic rings. The Bertz CT molecular complexity index is 2170. The number of nitrogens with zero attached hydrogens (tertiary/aromatic N) is 2. The number of aliphatic hydroxyl groups excluding tert-OH is 2.